The summed E-state index contributed by atoms with van der Waals surface area (Å²) in [7, 11) is 4.87. The number of ether oxygens (including phenoxy) is 2. The van der Waals surface area contributed by atoms with Crippen LogP contribution in [0.25, 0.3) is 0 Å². The highest BCUT2D eigenvalue weighted by molar-refractivity contribution is 8.05. The molecule has 0 fully saturated rings. The molecular formula is C16H18Cl2NO4P. The van der Waals surface area contributed by atoms with Gasteiger partial charge in [-0.1, -0.05) is 24.3 Å². The molecule has 24 heavy (non-hydrogen) atoms. The first kappa shape index (κ1) is 18.9. The van der Waals surface area contributed by atoms with Gasteiger partial charge in [-0.2, -0.15) is 0 Å². The summed E-state index contributed by atoms with van der Waals surface area (Å²) in [4.78, 5) is 1.78. The van der Waals surface area contributed by atoms with Crippen LogP contribution < -0.4 is 14.4 Å². The molecule has 0 saturated carbocycles. The van der Waals surface area contributed by atoms with Gasteiger partial charge in [0.05, 0.1) is 14.2 Å². The minimum Gasteiger partial charge on any atom is -0.493 e. The highest BCUT2D eigenvalue weighted by Gasteiger charge is 2.28. The second kappa shape index (κ2) is 8.13. The number of methoxy groups -OCH3 is 2. The molecule has 0 saturated heterocycles. The lowest BCUT2D eigenvalue weighted by Gasteiger charge is -2.30. The molecule has 0 aliphatic carbocycles. The normalized spacial score (nSPS) is 12.5. The molecule has 2 rings (SSSR count). The molecular weight excluding hydrogens is 372 g/mol. The topological polar surface area (TPSA) is 48.0 Å². The molecule has 0 heterocycles. The van der Waals surface area contributed by atoms with E-state index in [1.54, 1.807) is 37.3 Å². The van der Waals surface area contributed by atoms with E-state index in [9.17, 15) is 4.57 Å². The molecule has 5 nitrogen and oxygen atoms in total. The van der Waals surface area contributed by atoms with Crippen LogP contribution in [0.5, 0.6) is 11.5 Å². The van der Waals surface area contributed by atoms with Crippen molar-refractivity contribution in [3.63, 3.8) is 0 Å². The van der Waals surface area contributed by atoms with E-state index in [2.05, 4.69) is 0 Å². The molecule has 2 aromatic rings. The Morgan fingerprint density at radius 1 is 1.00 bits per heavy atom. The molecule has 1 atom stereocenters. The first-order valence-corrected chi connectivity index (χ1v) is 10.5. The highest BCUT2D eigenvalue weighted by atomic mass is 35.9. The maximum absolute atomic E-state index is 11.8. The summed E-state index contributed by atoms with van der Waals surface area (Å²) in [6.07, 6.45) is -4.54. The maximum atomic E-state index is 11.8. The zero-order valence-corrected chi connectivity index (χ0v) is 15.9. The molecule has 0 aliphatic rings. The minimum atomic E-state index is -3.77. The van der Waals surface area contributed by atoms with Crippen molar-refractivity contribution in [3.8, 4) is 11.5 Å². The van der Waals surface area contributed by atoms with Gasteiger partial charge in [-0.05, 0) is 46.7 Å². The van der Waals surface area contributed by atoms with Gasteiger partial charge in [0.25, 0.3) is 0 Å². The van der Waals surface area contributed by atoms with Crippen molar-refractivity contribution in [1.82, 2.24) is 0 Å². The van der Waals surface area contributed by atoms with Gasteiger partial charge in [0, 0.05) is 18.3 Å². The van der Waals surface area contributed by atoms with Gasteiger partial charge in [0.15, 0.2) is 17.7 Å². The highest BCUT2D eigenvalue weighted by Crippen LogP contribution is 2.61. The van der Waals surface area contributed by atoms with Gasteiger partial charge in [0.2, 0.25) is 0 Å². The Morgan fingerprint density at radius 3 is 2.17 bits per heavy atom. The number of hydrogen-bond donors (Lipinski definition) is 0. The quantitative estimate of drug-likeness (QED) is 0.465. The molecule has 2 aromatic carbocycles. The fraction of sp³-hybridized carbons (Fsp3) is 0.250. The van der Waals surface area contributed by atoms with Crippen LogP contribution in [-0.4, -0.2) is 21.3 Å². The number of para-hydroxylation sites is 1. The van der Waals surface area contributed by atoms with Crippen molar-refractivity contribution in [2.24, 2.45) is 0 Å². The monoisotopic (exact) mass is 389 g/mol. The van der Waals surface area contributed by atoms with E-state index in [0.717, 1.165) is 5.69 Å². The number of benzene rings is 2. The van der Waals surface area contributed by atoms with Crippen LogP contribution in [0.3, 0.4) is 0 Å². The Balaban J connectivity index is 2.45. The van der Waals surface area contributed by atoms with Gasteiger partial charge in [0.1, 0.15) is 0 Å². The second-order valence-corrected chi connectivity index (χ2v) is 9.16. The summed E-state index contributed by atoms with van der Waals surface area (Å²) < 4.78 is 27.8. The van der Waals surface area contributed by atoms with Gasteiger partial charge < -0.3 is 14.4 Å². The molecule has 0 aromatic heterocycles. The lowest BCUT2D eigenvalue weighted by molar-refractivity contribution is 0.221. The number of nitrogens with zero attached hydrogens (tertiary/aromatic N) is 1. The summed E-state index contributed by atoms with van der Waals surface area (Å²) in [6.45, 7) is 0. The van der Waals surface area contributed by atoms with Gasteiger partial charge in [-0.25, -0.2) is 0 Å². The second-order valence-electron chi connectivity index (χ2n) is 4.93. The van der Waals surface area contributed by atoms with Crippen molar-refractivity contribution in [2.45, 2.75) is 6.23 Å². The fourth-order valence-corrected chi connectivity index (χ4v) is 3.22. The van der Waals surface area contributed by atoms with Crippen molar-refractivity contribution >= 4 is 34.2 Å². The van der Waals surface area contributed by atoms with E-state index >= 15 is 0 Å². The van der Waals surface area contributed by atoms with Gasteiger partial charge >= 0.3 is 6.07 Å². The van der Waals surface area contributed by atoms with Gasteiger partial charge in [-0.3, -0.25) is 9.09 Å². The van der Waals surface area contributed by atoms with Crippen LogP contribution in [0.2, 0.25) is 0 Å². The average Bonchev–Trinajstić information content (AvgIpc) is 2.58. The molecule has 1 unspecified atom stereocenters. The van der Waals surface area contributed by atoms with Gasteiger partial charge in [-0.15, -0.1) is 0 Å². The summed E-state index contributed by atoms with van der Waals surface area (Å²) in [6, 6.07) is 14.7. The molecule has 0 aliphatic heterocycles. The lowest BCUT2D eigenvalue weighted by Crippen LogP contribution is -2.25. The van der Waals surface area contributed by atoms with E-state index in [0.29, 0.717) is 17.1 Å². The Hall–Kier alpha value is -1.39. The third-order valence-electron chi connectivity index (χ3n) is 3.43. The first-order chi connectivity index (χ1) is 11.4. The van der Waals surface area contributed by atoms with Crippen LogP contribution in [0.15, 0.2) is 48.5 Å². The zero-order valence-electron chi connectivity index (χ0n) is 13.5. The van der Waals surface area contributed by atoms with E-state index in [-0.39, 0.29) is 0 Å². The van der Waals surface area contributed by atoms with Crippen molar-refractivity contribution in [3.05, 3.63) is 54.1 Å². The zero-order chi connectivity index (χ0) is 17.7. The van der Waals surface area contributed by atoms with Crippen LogP contribution in [-0.2, 0) is 9.09 Å². The largest absolute Gasteiger partial charge is 0.493 e. The smallest absolute Gasteiger partial charge is 0.382 e. The van der Waals surface area contributed by atoms with Crippen LogP contribution in [0.1, 0.15) is 11.8 Å². The van der Waals surface area contributed by atoms with E-state index in [4.69, 9.17) is 36.5 Å². The first-order valence-electron chi connectivity index (χ1n) is 7.03. The number of anilines is 1. The number of rotatable bonds is 7. The Morgan fingerprint density at radius 2 is 1.62 bits per heavy atom. The Kier molecular flexibility index (Phi) is 6.41. The molecule has 0 spiro atoms. The number of halogens is 2. The lowest BCUT2D eigenvalue weighted by atomic mass is 10.1. The van der Waals surface area contributed by atoms with Crippen molar-refractivity contribution < 1.29 is 18.6 Å². The molecule has 0 bridgehead atoms. The van der Waals surface area contributed by atoms with Crippen LogP contribution >= 0.6 is 28.6 Å². The third kappa shape index (κ3) is 4.81. The number of hydrogen-bond acceptors (Lipinski definition) is 5. The molecule has 0 radical (unpaired) electrons. The van der Waals surface area contributed by atoms with E-state index in [1.165, 1.54) is 7.11 Å². The van der Waals surface area contributed by atoms with Crippen molar-refractivity contribution in [2.75, 3.05) is 26.2 Å². The maximum Gasteiger partial charge on any atom is 0.382 e. The Labute approximate surface area is 151 Å². The summed E-state index contributed by atoms with van der Waals surface area (Å²) in [5.41, 5.74) is 1.51. The van der Waals surface area contributed by atoms with E-state index < -0.39 is 12.3 Å². The van der Waals surface area contributed by atoms with Crippen LogP contribution in [0, 0.1) is 0 Å². The minimum absolute atomic E-state index is 0.518. The molecule has 8 heteroatoms. The molecule has 0 amide bonds. The predicted octanol–water partition coefficient (Wildman–Crippen LogP) is 5.44. The van der Waals surface area contributed by atoms with E-state index in [1.807, 2.05) is 30.3 Å². The van der Waals surface area contributed by atoms with Crippen LogP contribution in [0.4, 0.5) is 5.69 Å². The standard InChI is InChI=1S/C16H18Cl2NO4P/c1-19(13-7-5-4-6-8-13)16(23-24(17,18)20)12-9-10-14(21-2)15(11-12)22-3/h4-11,16H,1-3H3. The SMILES string of the molecule is COc1ccc(C(OP(=O)(Cl)Cl)N(C)c2ccccc2)cc1OC. The predicted molar refractivity (Wildman–Crippen MR) is 97.5 cm³/mol. The third-order valence-corrected chi connectivity index (χ3v) is 4.35. The fourth-order valence-electron chi connectivity index (χ4n) is 2.28. The summed E-state index contributed by atoms with van der Waals surface area (Å²) in [5.74, 6) is 1.09. The molecule has 0 N–H and O–H groups in total. The summed E-state index contributed by atoms with van der Waals surface area (Å²) in [5, 5.41) is 0. The summed E-state index contributed by atoms with van der Waals surface area (Å²) >= 11 is 11.3. The Bertz CT molecular complexity index is 723. The average molecular weight is 390 g/mol. The van der Waals surface area contributed by atoms with Crippen molar-refractivity contribution in [1.29, 1.82) is 0 Å². The molecule has 130 valence electrons.